The fourth-order valence-corrected chi connectivity index (χ4v) is 4.14. The van der Waals surface area contributed by atoms with E-state index in [1.807, 2.05) is 25.3 Å². The standard InChI is InChI=1S/C18H26N2O2S/c1-4-18(5-2,6-3)17(20)14(21)11-22-16-12-9-10-23-15(12)8-7-13(16)19/h1,9-10,14,16-17,19,21H,5-8,11,20H2,2-3H3. The molecule has 1 aromatic rings. The van der Waals surface area contributed by atoms with Gasteiger partial charge in [0.05, 0.1) is 12.7 Å². The number of hydrogen-bond donors (Lipinski definition) is 3. The van der Waals surface area contributed by atoms with E-state index in [-0.39, 0.29) is 12.7 Å². The van der Waals surface area contributed by atoms with E-state index in [1.54, 1.807) is 11.3 Å². The van der Waals surface area contributed by atoms with E-state index in [2.05, 4.69) is 5.92 Å². The van der Waals surface area contributed by atoms with E-state index in [9.17, 15) is 5.11 Å². The second-order valence-corrected chi connectivity index (χ2v) is 7.14. The molecule has 0 aromatic carbocycles. The fraction of sp³-hybridized carbons (Fsp3) is 0.611. The summed E-state index contributed by atoms with van der Waals surface area (Å²) >= 11 is 1.70. The van der Waals surface area contributed by atoms with Gasteiger partial charge in [-0.15, -0.1) is 17.8 Å². The average molecular weight is 334 g/mol. The lowest BCUT2D eigenvalue weighted by Crippen LogP contribution is -2.50. The molecule has 126 valence electrons. The van der Waals surface area contributed by atoms with E-state index in [0.29, 0.717) is 25.0 Å². The van der Waals surface area contributed by atoms with Gasteiger partial charge in [0.15, 0.2) is 0 Å². The third-order valence-corrected chi connectivity index (χ3v) is 6.03. The molecule has 3 unspecified atom stereocenters. The Bertz CT molecular complexity index is 586. The molecule has 1 aromatic heterocycles. The van der Waals surface area contributed by atoms with E-state index < -0.39 is 17.6 Å². The highest BCUT2D eigenvalue weighted by Crippen LogP contribution is 2.35. The Morgan fingerprint density at radius 2 is 2.22 bits per heavy atom. The van der Waals surface area contributed by atoms with Crippen molar-refractivity contribution < 1.29 is 9.84 Å². The molecule has 5 heteroatoms. The molecule has 0 saturated heterocycles. The zero-order valence-corrected chi connectivity index (χ0v) is 14.7. The molecule has 0 saturated carbocycles. The second kappa shape index (κ2) is 7.59. The molecular weight excluding hydrogens is 308 g/mol. The summed E-state index contributed by atoms with van der Waals surface area (Å²) in [7, 11) is 0. The maximum absolute atomic E-state index is 10.4. The van der Waals surface area contributed by atoms with Crippen LogP contribution in [0.25, 0.3) is 0 Å². The van der Waals surface area contributed by atoms with Crippen molar-refractivity contribution in [1.82, 2.24) is 0 Å². The Hall–Kier alpha value is -1.19. The topological polar surface area (TPSA) is 79.3 Å². The van der Waals surface area contributed by atoms with Gasteiger partial charge in [0.2, 0.25) is 0 Å². The van der Waals surface area contributed by atoms with Crippen LogP contribution in [0, 0.1) is 23.2 Å². The number of aliphatic hydroxyl groups is 1. The SMILES string of the molecule is C#CC(CC)(CC)C(N)C(O)COC1C(=N)CCc2sccc21. The number of aryl methyl sites for hydroxylation is 1. The summed E-state index contributed by atoms with van der Waals surface area (Å²) in [5.74, 6) is 2.77. The maximum atomic E-state index is 10.4. The molecule has 0 spiro atoms. The predicted molar refractivity (Wildman–Crippen MR) is 94.9 cm³/mol. The molecule has 2 rings (SSSR count). The van der Waals surface area contributed by atoms with Gasteiger partial charge in [-0.3, -0.25) is 0 Å². The Labute approximate surface area is 142 Å². The quantitative estimate of drug-likeness (QED) is 0.671. The Morgan fingerprint density at radius 3 is 2.83 bits per heavy atom. The number of ether oxygens (including phenoxy) is 1. The van der Waals surface area contributed by atoms with Crippen molar-refractivity contribution in [3.63, 3.8) is 0 Å². The van der Waals surface area contributed by atoms with Crippen LogP contribution in [0.3, 0.4) is 0 Å². The lowest BCUT2D eigenvalue weighted by atomic mass is 9.74. The molecule has 0 fully saturated rings. The molecule has 0 amide bonds. The Morgan fingerprint density at radius 1 is 1.52 bits per heavy atom. The van der Waals surface area contributed by atoms with Gasteiger partial charge < -0.3 is 21.0 Å². The number of aliphatic hydroxyl groups excluding tert-OH is 1. The molecule has 1 aliphatic carbocycles. The summed E-state index contributed by atoms with van der Waals surface area (Å²) in [6, 6.07) is 1.47. The molecule has 0 radical (unpaired) electrons. The average Bonchev–Trinajstić information content (AvgIpc) is 3.04. The van der Waals surface area contributed by atoms with Crippen molar-refractivity contribution in [2.45, 2.75) is 57.8 Å². The minimum absolute atomic E-state index is 0.0902. The molecule has 1 aliphatic rings. The van der Waals surface area contributed by atoms with Crippen LogP contribution in [0.5, 0.6) is 0 Å². The minimum Gasteiger partial charge on any atom is -0.389 e. The van der Waals surface area contributed by atoms with Crippen LogP contribution in [-0.4, -0.2) is 29.6 Å². The van der Waals surface area contributed by atoms with Gasteiger partial charge in [0, 0.05) is 27.6 Å². The van der Waals surface area contributed by atoms with Gasteiger partial charge >= 0.3 is 0 Å². The summed E-state index contributed by atoms with van der Waals surface area (Å²) in [6.45, 7) is 4.07. The lowest BCUT2D eigenvalue weighted by molar-refractivity contribution is -0.0146. The first-order chi connectivity index (χ1) is 11.0. The van der Waals surface area contributed by atoms with Crippen LogP contribution < -0.4 is 5.73 Å². The minimum atomic E-state index is -0.845. The van der Waals surface area contributed by atoms with Crippen LogP contribution in [0.15, 0.2) is 11.4 Å². The molecule has 3 atom stereocenters. The Balaban J connectivity index is 2.04. The molecule has 23 heavy (non-hydrogen) atoms. The van der Waals surface area contributed by atoms with Crippen LogP contribution in [0.1, 0.15) is 49.7 Å². The third-order valence-electron chi connectivity index (χ3n) is 5.04. The molecule has 0 bridgehead atoms. The third kappa shape index (κ3) is 3.51. The summed E-state index contributed by atoms with van der Waals surface area (Å²) in [5, 5.41) is 20.6. The number of hydrogen-bond acceptors (Lipinski definition) is 5. The highest BCUT2D eigenvalue weighted by Gasteiger charge is 2.37. The van der Waals surface area contributed by atoms with Crippen LogP contribution in [-0.2, 0) is 11.2 Å². The first-order valence-electron chi connectivity index (χ1n) is 8.15. The van der Waals surface area contributed by atoms with Gasteiger partial charge in [-0.2, -0.15) is 0 Å². The monoisotopic (exact) mass is 334 g/mol. The summed E-state index contributed by atoms with van der Waals surface area (Å²) in [5.41, 5.74) is 7.33. The van der Waals surface area contributed by atoms with Crippen molar-refractivity contribution >= 4 is 17.0 Å². The van der Waals surface area contributed by atoms with E-state index in [4.69, 9.17) is 22.3 Å². The normalized spacial score (nSPS) is 20.7. The van der Waals surface area contributed by atoms with Crippen molar-refractivity contribution in [3.8, 4) is 12.3 Å². The summed E-state index contributed by atoms with van der Waals surface area (Å²) in [4.78, 5) is 1.27. The zero-order chi connectivity index (χ0) is 17.0. The maximum Gasteiger partial charge on any atom is 0.121 e. The lowest BCUT2D eigenvalue weighted by Gasteiger charge is -2.36. The van der Waals surface area contributed by atoms with Gasteiger partial charge in [0.1, 0.15) is 6.10 Å². The van der Waals surface area contributed by atoms with E-state index >= 15 is 0 Å². The largest absolute Gasteiger partial charge is 0.389 e. The molecule has 1 heterocycles. The smallest absolute Gasteiger partial charge is 0.121 e. The number of fused-ring (bicyclic) bond motifs is 1. The molecule has 4 nitrogen and oxygen atoms in total. The number of thiophene rings is 1. The van der Waals surface area contributed by atoms with Gasteiger partial charge in [-0.1, -0.05) is 19.8 Å². The predicted octanol–water partition coefficient (Wildman–Crippen LogP) is 2.90. The Kier molecular flexibility index (Phi) is 5.99. The summed E-state index contributed by atoms with van der Waals surface area (Å²) < 4.78 is 5.88. The highest BCUT2D eigenvalue weighted by molar-refractivity contribution is 7.10. The van der Waals surface area contributed by atoms with Crippen molar-refractivity contribution in [2.24, 2.45) is 11.1 Å². The van der Waals surface area contributed by atoms with Crippen molar-refractivity contribution in [2.75, 3.05) is 6.61 Å². The van der Waals surface area contributed by atoms with Crippen molar-refractivity contribution in [3.05, 3.63) is 21.9 Å². The van der Waals surface area contributed by atoms with Gasteiger partial charge in [0.25, 0.3) is 0 Å². The van der Waals surface area contributed by atoms with Crippen molar-refractivity contribution in [1.29, 1.82) is 5.41 Å². The first kappa shape index (κ1) is 18.2. The first-order valence-corrected chi connectivity index (χ1v) is 9.03. The van der Waals surface area contributed by atoms with Crippen LogP contribution in [0.4, 0.5) is 0 Å². The van der Waals surface area contributed by atoms with Gasteiger partial charge in [-0.25, -0.2) is 0 Å². The molecular formula is C18H26N2O2S. The van der Waals surface area contributed by atoms with Gasteiger partial charge in [-0.05, 0) is 37.1 Å². The highest BCUT2D eigenvalue weighted by atomic mass is 32.1. The number of nitrogens with one attached hydrogen (secondary N) is 1. The second-order valence-electron chi connectivity index (χ2n) is 6.14. The van der Waals surface area contributed by atoms with Crippen LogP contribution >= 0.6 is 11.3 Å². The van der Waals surface area contributed by atoms with E-state index in [0.717, 1.165) is 12.0 Å². The summed E-state index contributed by atoms with van der Waals surface area (Å²) in [6.07, 6.45) is 7.49. The number of rotatable bonds is 7. The fourth-order valence-electron chi connectivity index (χ4n) is 3.23. The van der Waals surface area contributed by atoms with Crippen LogP contribution in [0.2, 0.25) is 0 Å². The number of nitrogens with two attached hydrogens (primary N) is 1. The van der Waals surface area contributed by atoms with E-state index in [1.165, 1.54) is 4.88 Å². The zero-order valence-electron chi connectivity index (χ0n) is 13.8. The number of terminal acetylenes is 1. The molecule has 4 N–H and O–H groups in total. The molecule has 0 aliphatic heterocycles.